The zero-order valence-corrected chi connectivity index (χ0v) is 10.9. The Hall–Kier alpha value is -1.26. The largest absolute Gasteiger partial charge is 0.492 e. The molecule has 0 aliphatic carbocycles. The Morgan fingerprint density at radius 1 is 1.12 bits per heavy atom. The summed E-state index contributed by atoms with van der Waals surface area (Å²) in [5.74, 6) is 1.81. The van der Waals surface area contributed by atoms with E-state index in [9.17, 15) is 0 Å². The third kappa shape index (κ3) is 4.24. The van der Waals surface area contributed by atoms with Gasteiger partial charge in [-0.1, -0.05) is 18.2 Å². The maximum Gasteiger partial charge on any atom is 0.169 e. The number of hydrogen-bond acceptors (Lipinski definition) is 3. The van der Waals surface area contributed by atoms with Crippen molar-refractivity contribution in [2.45, 2.75) is 6.54 Å². The first-order valence-corrected chi connectivity index (χ1v) is 6.27. The fourth-order valence-corrected chi connectivity index (χ4v) is 1.76. The van der Waals surface area contributed by atoms with Gasteiger partial charge in [-0.2, -0.15) is 0 Å². The van der Waals surface area contributed by atoms with Crippen LogP contribution in [0.25, 0.3) is 0 Å². The van der Waals surface area contributed by atoms with Crippen molar-refractivity contribution in [3.8, 4) is 5.75 Å². The third-order valence-corrected chi connectivity index (χ3v) is 2.65. The minimum Gasteiger partial charge on any atom is -0.492 e. The smallest absolute Gasteiger partial charge is 0.169 e. The van der Waals surface area contributed by atoms with E-state index in [-0.39, 0.29) is 0 Å². The van der Waals surface area contributed by atoms with Crippen LogP contribution in [0.1, 0.15) is 5.76 Å². The molecule has 0 aliphatic rings. The van der Waals surface area contributed by atoms with Gasteiger partial charge < -0.3 is 14.5 Å². The van der Waals surface area contributed by atoms with Crippen molar-refractivity contribution in [3.05, 3.63) is 52.9 Å². The van der Waals surface area contributed by atoms with Crippen LogP contribution >= 0.6 is 15.9 Å². The van der Waals surface area contributed by atoms with E-state index >= 15 is 0 Å². The molecule has 4 heteroatoms. The summed E-state index contributed by atoms with van der Waals surface area (Å²) in [5.41, 5.74) is 0. The fraction of sp³-hybridized carbons (Fsp3) is 0.231. The van der Waals surface area contributed by atoms with Gasteiger partial charge in [0, 0.05) is 6.54 Å². The van der Waals surface area contributed by atoms with Crippen molar-refractivity contribution in [1.29, 1.82) is 0 Å². The van der Waals surface area contributed by atoms with Crippen molar-refractivity contribution in [2.24, 2.45) is 0 Å². The maximum atomic E-state index is 5.55. The molecule has 0 radical (unpaired) electrons. The van der Waals surface area contributed by atoms with Crippen LogP contribution in [0, 0.1) is 0 Å². The number of ether oxygens (including phenoxy) is 1. The highest BCUT2D eigenvalue weighted by Crippen LogP contribution is 2.13. The standard InChI is InChI=1S/C13H14BrNO2/c14-13-7-6-12(17-13)10-15-8-9-16-11-4-2-1-3-5-11/h1-7,15H,8-10H2. The number of para-hydroxylation sites is 1. The second-order valence-corrected chi connectivity index (χ2v) is 4.33. The molecule has 0 spiro atoms. The van der Waals surface area contributed by atoms with Crippen molar-refractivity contribution >= 4 is 15.9 Å². The molecule has 0 bridgehead atoms. The molecule has 17 heavy (non-hydrogen) atoms. The lowest BCUT2D eigenvalue weighted by atomic mass is 10.3. The lowest BCUT2D eigenvalue weighted by Gasteiger charge is -2.06. The Labute approximate surface area is 109 Å². The van der Waals surface area contributed by atoms with Crippen LogP contribution in [0.3, 0.4) is 0 Å². The van der Waals surface area contributed by atoms with Gasteiger partial charge in [0.05, 0.1) is 6.54 Å². The van der Waals surface area contributed by atoms with Crippen LogP contribution in [0.2, 0.25) is 0 Å². The molecule has 0 saturated heterocycles. The van der Waals surface area contributed by atoms with Crippen LogP contribution < -0.4 is 10.1 Å². The monoisotopic (exact) mass is 295 g/mol. The summed E-state index contributed by atoms with van der Waals surface area (Å²) in [6, 6.07) is 13.6. The zero-order valence-electron chi connectivity index (χ0n) is 9.36. The number of hydrogen-bond donors (Lipinski definition) is 1. The van der Waals surface area contributed by atoms with E-state index in [1.807, 2.05) is 42.5 Å². The van der Waals surface area contributed by atoms with Crippen molar-refractivity contribution in [3.63, 3.8) is 0 Å². The minimum absolute atomic E-state index is 0.645. The Bertz CT molecular complexity index is 442. The van der Waals surface area contributed by atoms with Gasteiger partial charge in [-0.05, 0) is 40.2 Å². The van der Waals surface area contributed by atoms with Crippen molar-refractivity contribution in [1.82, 2.24) is 5.32 Å². The molecule has 0 aliphatic heterocycles. The van der Waals surface area contributed by atoms with E-state index < -0.39 is 0 Å². The Morgan fingerprint density at radius 2 is 1.94 bits per heavy atom. The fourth-order valence-electron chi connectivity index (χ4n) is 1.42. The molecule has 2 rings (SSSR count). The molecule has 1 N–H and O–H groups in total. The predicted molar refractivity (Wildman–Crippen MR) is 70.1 cm³/mol. The highest BCUT2D eigenvalue weighted by molar-refractivity contribution is 9.10. The average molecular weight is 296 g/mol. The molecule has 0 saturated carbocycles. The van der Waals surface area contributed by atoms with E-state index in [0.717, 1.165) is 22.7 Å². The quantitative estimate of drug-likeness (QED) is 0.831. The van der Waals surface area contributed by atoms with Gasteiger partial charge >= 0.3 is 0 Å². The molecule has 2 aromatic rings. The molecular weight excluding hydrogens is 282 g/mol. The van der Waals surface area contributed by atoms with Gasteiger partial charge in [-0.15, -0.1) is 0 Å². The normalized spacial score (nSPS) is 10.4. The maximum absolute atomic E-state index is 5.55. The van der Waals surface area contributed by atoms with Gasteiger partial charge in [0.25, 0.3) is 0 Å². The molecule has 1 aromatic heterocycles. The summed E-state index contributed by atoms with van der Waals surface area (Å²) in [4.78, 5) is 0. The van der Waals surface area contributed by atoms with E-state index in [0.29, 0.717) is 13.2 Å². The second-order valence-electron chi connectivity index (χ2n) is 3.54. The molecular formula is C13H14BrNO2. The number of benzene rings is 1. The molecule has 1 aromatic carbocycles. The Kier molecular flexibility index (Phi) is 4.64. The van der Waals surface area contributed by atoms with Crippen LogP contribution in [-0.4, -0.2) is 13.2 Å². The summed E-state index contributed by atoms with van der Waals surface area (Å²) in [7, 11) is 0. The van der Waals surface area contributed by atoms with E-state index in [1.54, 1.807) is 0 Å². The first kappa shape index (κ1) is 12.2. The van der Waals surface area contributed by atoms with Crippen molar-refractivity contribution < 1.29 is 9.15 Å². The molecule has 3 nitrogen and oxygen atoms in total. The van der Waals surface area contributed by atoms with Gasteiger partial charge in [-0.25, -0.2) is 0 Å². The highest BCUT2D eigenvalue weighted by atomic mass is 79.9. The molecule has 0 amide bonds. The average Bonchev–Trinajstić information content (AvgIpc) is 2.76. The molecule has 90 valence electrons. The summed E-state index contributed by atoms with van der Waals surface area (Å²) in [6.07, 6.45) is 0. The Balaban J connectivity index is 1.61. The molecule has 0 fully saturated rings. The first-order chi connectivity index (χ1) is 8.34. The highest BCUT2D eigenvalue weighted by Gasteiger charge is 1.98. The number of nitrogens with one attached hydrogen (secondary N) is 1. The van der Waals surface area contributed by atoms with Gasteiger partial charge in [0.1, 0.15) is 18.1 Å². The lowest BCUT2D eigenvalue weighted by Crippen LogP contribution is -2.20. The summed E-state index contributed by atoms with van der Waals surface area (Å²) < 4.78 is 11.7. The van der Waals surface area contributed by atoms with E-state index in [2.05, 4.69) is 21.2 Å². The van der Waals surface area contributed by atoms with Crippen molar-refractivity contribution in [2.75, 3.05) is 13.2 Å². The summed E-state index contributed by atoms with van der Waals surface area (Å²) >= 11 is 3.27. The number of halogens is 1. The molecule has 0 unspecified atom stereocenters. The van der Waals surface area contributed by atoms with Gasteiger partial charge in [-0.3, -0.25) is 0 Å². The molecule has 0 atom stereocenters. The predicted octanol–water partition coefficient (Wildman–Crippen LogP) is 3.21. The van der Waals surface area contributed by atoms with Gasteiger partial charge in [0.2, 0.25) is 0 Å². The van der Waals surface area contributed by atoms with Crippen LogP contribution in [0.15, 0.2) is 51.6 Å². The lowest BCUT2D eigenvalue weighted by molar-refractivity contribution is 0.310. The Morgan fingerprint density at radius 3 is 2.65 bits per heavy atom. The SMILES string of the molecule is Brc1ccc(CNCCOc2ccccc2)o1. The third-order valence-electron chi connectivity index (χ3n) is 2.22. The summed E-state index contributed by atoms with van der Waals surface area (Å²) in [5, 5.41) is 3.25. The number of furan rings is 1. The molecule has 1 heterocycles. The van der Waals surface area contributed by atoms with Crippen LogP contribution in [0.4, 0.5) is 0 Å². The van der Waals surface area contributed by atoms with Crippen LogP contribution in [0.5, 0.6) is 5.75 Å². The van der Waals surface area contributed by atoms with E-state index in [4.69, 9.17) is 9.15 Å². The summed E-state index contributed by atoms with van der Waals surface area (Å²) in [6.45, 7) is 2.14. The number of rotatable bonds is 6. The zero-order chi connectivity index (χ0) is 11.9. The topological polar surface area (TPSA) is 34.4 Å². The van der Waals surface area contributed by atoms with Gasteiger partial charge in [0.15, 0.2) is 4.67 Å². The second kappa shape index (κ2) is 6.47. The van der Waals surface area contributed by atoms with Crippen LogP contribution in [-0.2, 0) is 6.54 Å². The van der Waals surface area contributed by atoms with E-state index in [1.165, 1.54) is 0 Å². The first-order valence-electron chi connectivity index (χ1n) is 5.47. The minimum atomic E-state index is 0.645.